The minimum absolute atomic E-state index is 0.0771. The van der Waals surface area contributed by atoms with E-state index in [2.05, 4.69) is 15.4 Å². The van der Waals surface area contributed by atoms with Gasteiger partial charge in [-0.15, -0.1) is 11.3 Å². The van der Waals surface area contributed by atoms with Gasteiger partial charge in [-0.2, -0.15) is 0 Å². The molecule has 2 aromatic rings. The molecule has 1 amide bonds. The number of anilines is 1. The Balaban J connectivity index is 2.12. The van der Waals surface area contributed by atoms with Crippen molar-refractivity contribution in [1.29, 1.82) is 0 Å². The number of rotatable bonds is 4. The molecule has 0 radical (unpaired) electrons. The molecule has 2 aromatic heterocycles. The van der Waals surface area contributed by atoms with E-state index in [0.717, 1.165) is 10.6 Å². The Morgan fingerprint density at radius 1 is 1.53 bits per heavy atom. The molecule has 0 fully saturated rings. The zero-order valence-corrected chi connectivity index (χ0v) is 11.6. The van der Waals surface area contributed by atoms with Crippen LogP contribution in [0, 0.1) is 6.92 Å². The zero-order valence-electron chi connectivity index (χ0n) is 10.8. The maximum atomic E-state index is 12.3. The molecule has 0 unspecified atom stereocenters. The van der Waals surface area contributed by atoms with E-state index in [1.54, 1.807) is 47.1 Å². The third kappa shape index (κ3) is 3.07. The smallest absolute Gasteiger partial charge is 0.254 e. The summed E-state index contributed by atoms with van der Waals surface area (Å²) in [6.07, 6.45) is 1.55. The highest BCUT2D eigenvalue weighted by Crippen LogP contribution is 2.16. The van der Waals surface area contributed by atoms with Gasteiger partial charge in [-0.25, -0.2) is 15.8 Å². The summed E-state index contributed by atoms with van der Waals surface area (Å²) < 4.78 is 0. The van der Waals surface area contributed by atoms with E-state index in [1.807, 2.05) is 6.92 Å². The van der Waals surface area contributed by atoms with Gasteiger partial charge in [0.2, 0.25) is 0 Å². The van der Waals surface area contributed by atoms with Crippen LogP contribution >= 0.6 is 11.3 Å². The van der Waals surface area contributed by atoms with Gasteiger partial charge in [0.05, 0.1) is 17.7 Å². The molecular formula is C12H15N5OS. The molecule has 0 bridgehead atoms. The predicted molar refractivity (Wildman–Crippen MR) is 74.7 cm³/mol. The first kappa shape index (κ1) is 13.4. The number of amides is 1. The van der Waals surface area contributed by atoms with E-state index in [4.69, 9.17) is 5.84 Å². The van der Waals surface area contributed by atoms with Gasteiger partial charge in [0, 0.05) is 23.7 Å². The van der Waals surface area contributed by atoms with E-state index < -0.39 is 0 Å². The van der Waals surface area contributed by atoms with Crippen molar-refractivity contribution < 1.29 is 4.79 Å². The number of hydrogen-bond acceptors (Lipinski definition) is 6. The van der Waals surface area contributed by atoms with Crippen LogP contribution in [0.3, 0.4) is 0 Å². The van der Waals surface area contributed by atoms with Gasteiger partial charge >= 0.3 is 0 Å². The molecule has 3 N–H and O–H groups in total. The highest BCUT2D eigenvalue weighted by molar-refractivity contribution is 7.09. The maximum absolute atomic E-state index is 12.3. The van der Waals surface area contributed by atoms with Crippen LogP contribution in [-0.4, -0.2) is 27.8 Å². The number of carbonyl (C=O) groups is 1. The Labute approximate surface area is 115 Å². The summed E-state index contributed by atoms with van der Waals surface area (Å²) >= 11 is 1.55. The van der Waals surface area contributed by atoms with Gasteiger partial charge in [0.25, 0.3) is 5.91 Å². The molecule has 0 atom stereocenters. The van der Waals surface area contributed by atoms with Gasteiger partial charge in [-0.05, 0) is 19.1 Å². The molecule has 0 spiro atoms. The van der Waals surface area contributed by atoms with Crippen molar-refractivity contribution in [2.24, 2.45) is 5.84 Å². The lowest BCUT2D eigenvalue weighted by Crippen LogP contribution is -2.26. The largest absolute Gasteiger partial charge is 0.336 e. The number of thiazole rings is 1. The first-order valence-electron chi connectivity index (χ1n) is 5.69. The number of nitrogens with two attached hydrogens (primary N) is 1. The first-order chi connectivity index (χ1) is 9.11. The second-order valence-corrected chi connectivity index (χ2v) is 5.04. The summed E-state index contributed by atoms with van der Waals surface area (Å²) in [5.41, 5.74) is 5.72. The number of aromatic nitrogens is 2. The molecule has 0 saturated carbocycles. The average Bonchev–Trinajstić information content (AvgIpc) is 2.83. The lowest BCUT2D eigenvalue weighted by atomic mass is 10.2. The molecule has 0 saturated heterocycles. The summed E-state index contributed by atoms with van der Waals surface area (Å²) in [5.74, 6) is 5.67. The second-order valence-electron chi connectivity index (χ2n) is 4.10. The Kier molecular flexibility index (Phi) is 4.08. The number of pyridine rings is 1. The molecule has 2 rings (SSSR count). The fourth-order valence-electron chi connectivity index (χ4n) is 1.63. The first-order valence-corrected chi connectivity index (χ1v) is 6.57. The van der Waals surface area contributed by atoms with E-state index in [9.17, 15) is 4.79 Å². The van der Waals surface area contributed by atoms with Gasteiger partial charge in [0.15, 0.2) is 0 Å². The fraction of sp³-hybridized carbons (Fsp3) is 0.250. The molecule has 19 heavy (non-hydrogen) atoms. The predicted octanol–water partition coefficient (Wildman–Crippen LogP) is 1.40. The topological polar surface area (TPSA) is 84.1 Å². The lowest BCUT2D eigenvalue weighted by Gasteiger charge is -2.16. The summed E-state index contributed by atoms with van der Waals surface area (Å²) in [5, 5.41) is 0. The molecule has 2 heterocycles. The number of nitrogens with one attached hydrogen (secondary N) is 1. The fourth-order valence-corrected chi connectivity index (χ4v) is 2.46. The van der Waals surface area contributed by atoms with Crippen LogP contribution in [0.4, 0.5) is 5.82 Å². The number of carbonyl (C=O) groups excluding carboxylic acids is 1. The SMILES string of the molecule is Cc1ncsc1CN(C)C(=O)c1ccnc(NN)c1. The highest BCUT2D eigenvalue weighted by Gasteiger charge is 2.14. The van der Waals surface area contributed by atoms with Crippen LogP contribution < -0.4 is 11.3 Å². The Morgan fingerprint density at radius 3 is 2.95 bits per heavy atom. The van der Waals surface area contributed by atoms with Crippen LogP contribution in [0.2, 0.25) is 0 Å². The van der Waals surface area contributed by atoms with Crippen LogP contribution in [0.25, 0.3) is 0 Å². The van der Waals surface area contributed by atoms with Crippen molar-refractivity contribution in [3.8, 4) is 0 Å². The van der Waals surface area contributed by atoms with Crippen molar-refractivity contribution in [3.63, 3.8) is 0 Å². The third-order valence-corrected chi connectivity index (χ3v) is 3.65. The van der Waals surface area contributed by atoms with Crippen molar-refractivity contribution in [1.82, 2.24) is 14.9 Å². The van der Waals surface area contributed by atoms with Gasteiger partial charge < -0.3 is 10.3 Å². The molecule has 6 nitrogen and oxygen atoms in total. The lowest BCUT2D eigenvalue weighted by molar-refractivity contribution is 0.0786. The van der Waals surface area contributed by atoms with E-state index >= 15 is 0 Å². The van der Waals surface area contributed by atoms with Crippen LogP contribution in [0.5, 0.6) is 0 Å². The normalized spacial score (nSPS) is 10.3. The van der Waals surface area contributed by atoms with E-state index in [-0.39, 0.29) is 5.91 Å². The second kappa shape index (κ2) is 5.77. The van der Waals surface area contributed by atoms with Crippen LogP contribution in [-0.2, 0) is 6.54 Å². The van der Waals surface area contributed by atoms with Gasteiger partial charge in [-0.1, -0.05) is 0 Å². The molecule has 7 heteroatoms. The summed E-state index contributed by atoms with van der Waals surface area (Å²) in [6, 6.07) is 3.29. The summed E-state index contributed by atoms with van der Waals surface area (Å²) in [4.78, 5) is 23.1. The van der Waals surface area contributed by atoms with Crippen LogP contribution in [0.1, 0.15) is 20.9 Å². The molecule has 0 aliphatic rings. The summed E-state index contributed by atoms with van der Waals surface area (Å²) in [6.45, 7) is 2.48. The number of hydrazine groups is 1. The maximum Gasteiger partial charge on any atom is 0.254 e. The van der Waals surface area contributed by atoms with Crippen molar-refractivity contribution >= 4 is 23.1 Å². The average molecular weight is 277 g/mol. The zero-order chi connectivity index (χ0) is 13.8. The number of nitrogen functional groups attached to an aromatic ring is 1. The minimum atomic E-state index is -0.0771. The standard InChI is InChI=1S/C12H15N5OS/c1-8-10(19-7-15-8)6-17(2)12(18)9-3-4-14-11(5-9)16-13/h3-5,7H,6,13H2,1-2H3,(H,14,16). The Bertz CT molecular complexity index is 583. The van der Waals surface area contributed by atoms with E-state index in [0.29, 0.717) is 17.9 Å². The minimum Gasteiger partial charge on any atom is -0.336 e. The Hall–Kier alpha value is -1.99. The van der Waals surface area contributed by atoms with Gasteiger partial charge in [-0.3, -0.25) is 4.79 Å². The number of aryl methyl sites for hydroxylation is 1. The highest BCUT2D eigenvalue weighted by atomic mass is 32.1. The summed E-state index contributed by atoms with van der Waals surface area (Å²) in [7, 11) is 1.76. The van der Waals surface area contributed by atoms with Crippen molar-refractivity contribution in [3.05, 3.63) is 40.0 Å². The van der Waals surface area contributed by atoms with Crippen LogP contribution in [0.15, 0.2) is 23.8 Å². The quantitative estimate of drug-likeness (QED) is 0.652. The Morgan fingerprint density at radius 2 is 2.32 bits per heavy atom. The molecule has 0 aliphatic carbocycles. The van der Waals surface area contributed by atoms with Crippen molar-refractivity contribution in [2.75, 3.05) is 12.5 Å². The monoisotopic (exact) mass is 277 g/mol. The number of hydrogen-bond donors (Lipinski definition) is 2. The molecule has 0 aromatic carbocycles. The van der Waals surface area contributed by atoms with E-state index in [1.165, 1.54) is 0 Å². The number of nitrogens with zero attached hydrogens (tertiary/aromatic N) is 3. The van der Waals surface area contributed by atoms with Crippen molar-refractivity contribution in [2.45, 2.75) is 13.5 Å². The third-order valence-electron chi connectivity index (χ3n) is 2.73. The molecular weight excluding hydrogens is 262 g/mol. The molecule has 100 valence electrons. The van der Waals surface area contributed by atoms with Gasteiger partial charge in [0.1, 0.15) is 5.82 Å². The molecule has 0 aliphatic heterocycles.